The lowest BCUT2D eigenvalue weighted by Crippen LogP contribution is -2.27. The first-order chi connectivity index (χ1) is 8.83. The summed E-state index contributed by atoms with van der Waals surface area (Å²) in [6, 6.07) is 7.01. The Hall–Kier alpha value is -0.880. The molecule has 1 aromatic rings. The highest BCUT2D eigenvalue weighted by Crippen LogP contribution is 2.17. The van der Waals surface area contributed by atoms with Crippen LogP contribution in [-0.4, -0.2) is 37.5 Å². The van der Waals surface area contributed by atoms with Crippen LogP contribution >= 0.6 is 11.6 Å². The van der Waals surface area contributed by atoms with Gasteiger partial charge in [0.25, 0.3) is 0 Å². The molecule has 1 N–H and O–H groups in total. The summed E-state index contributed by atoms with van der Waals surface area (Å²) in [5.41, 5.74) is 0.650. The van der Waals surface area contributed by atoms with E-state index in [1.807, 2.05) is 0 Å². The van der Waals surface area contributed by atoms with E-state index in [0.29, 0.717) is 17.0 Å². The molecule has 0 amide bonds. The first-order valence-electron chi connectivity index (χ1n) is 5.90. The predicted octanol–water partition coefficient (Wildman–Crippen LogP) is 2.34. The lowest BCUT2D eigenvalue weighted by Gasteiger charge is -2.15. The van der Waals surface area contributed by atoms with E-state index in [0.717, 1.165) is 5.41 Å². The van der Waals surface area contributed by atoms with Crippen molar-refractivity contribution in [3.05, 3.63) is 40.3 Å². The van der Waals surface area contributed by atoms with Crippen LogP contribution in [0.1, 0.15) is 18.9 Å². The third-order valence-electron chi connectivity index (χ3n) is 2.62. The zero-order chi connectivity index (χ0) is 14.5. The van der Waals surface area contributed by atoms with Gasteiger partial charge < -0.3 is 5.11 Å². The third-order valence-corrected chi connectivity index (χ3v) is 4.50. The number of benzene rings is 1. The van der Waals surface area contributed by atoms with Gasteiger partial charge in [0.05, 0.1) is 6.10 Å². The Morgan fingerprint density at radius 1 is 1.42 bits per heavy atom. The van der Waals surface area contributed by atoms with Crippen LogP contribution in [0.5, 0.6) is 0 Å². The van der Waals surface area contributed by atoms with E-state index in [4.69, 9.17) is 16.7 Å². The minimum Gasteiger partial charge on any atom is -0.393 e. The average molecular weight is 304 g/mol. The molecule has 0 saturated heterocycles. The Morgan fingerprint density at radius 3 is 2.63 bits per heavy atom. The number of hydrogen-bond donors (Lipinski definition) is 1. The number of rotatable bonds is 6. The van der Waals surface area contributed by atoms with Crippen molar-refractivity contribution >= 4 is 27.7 Å². The molecule has 0 fully saturated rings. The van der Waals surface area contributed by atoms with Gasteiger partial charge in [-0.2, -0.15) is 0 Å². The predicted molar refractivity (Wildman–Crippen MR) is 78.3 cm³/mol. The van der Waals surface area contributed by atoms with E-state index in [1.54, 1.807) is 31.2 Å². The average Bonchev–Trinajstić information content (AvgIpc) is 2.34. The number of sulfonamides is 1. The molecule has 106 valence electrons. The fourth-order valence-corrected chi connectivity index (χ4v) is 2.45. The Balaban J connectivity index is 2.77. The quantitative estimate of drug-likeness (QED) is 0.877. The molecule has 0 aliphatic heterocycles. The van der Waals surface area contributed by atoms with Crippen molar-refractivity contribution in [1.82, 2.24) is 4.31 Å². The maximum atomic E-state index is 11.9. The topological polar surface area (TPSA) is 57.6 Å². The zero-order valence-corrected chi connectivity index (χ0v) is 12.5. The fourth-order valence-electron chi connectivity index (χ4n) is 1.37. The summed E-state index contributed by atoms with van der Waals surface area (Å²) in [6.07, 6.45) is 1.34. The van der Waals surface area contributed by atoms with E-state index in [1.165, 1.54) is 17.4 Å². The number of aliphatic hydroxyl groups excluding tert-OH is 1. The monoisotopic (exact) mass is 303 g/mol. The van der Waals surface area contributed by atoms with Crippen LogP contribution in [0.2, 0.25) is 5.02 Å². The largest absolute Gasteiger partial charge is 0.393 e. The van der Waals surface area contributed by atoms with Crippen LogP contribution < -0.4 is 0 Å². The number of hydrogen-bond acceptors (Lipinski definition) is 3. The van der Waals surface area contributed by atoms with Crippen molar-refractivity contribution in [2.75, 3.05) is 13.6 Å². The Kier molecular flexibility index (Phi) is 6.00. The molecule has 1 unspecified atom stereocenters. The molecule has 0 bridgehead atoms. The second kappa shape index (κ2) is 7.05. The van der Waals surface area contributed by atoms with Crippen LogP contribution in [0.25, 0.3) is 6.08 Å². The number of aliphatic hydroxyl groups is 1. The Labute approximate surface area is 119 Å². The highest BCUT2D eigenvalue weighted by atomic mass is 35.5. The Bertz CT molecular complexity index is 541. The van der Waals surface area contributed by atoms with Gasteiger partial charge >= 0.3 is 0 Å². The molecular weight excluding hydrogens is 286 g/mol. The second-order valence-corrected chi connectivity index (χ2v) is 6.66. The van der Waals surface area contributed by atoms with Gasteiger partial charge in [0, 0.05) is 24.0 Å². The molecule has 1 rings (SSSR count). The van der Waals surface area contributed by atoms with Crippen LogP contribution in [0, 0.1) is 0 Å². The molecular formula is C13H18ClNO3S. The van der Waals surface area contributed by atoms with E-state index < -0.39 is 16.1 Å². The SMILES string of the molecule is CC(O)CCN(C)S(=O)(=O)/C=C/c1ccccc1Cl. The standard InChI is InChI=1S/C13H18ClNO3S/c1-11(16)7-9-15(2)19(17,18)10-8-12-5-3-4-6-13(12)14/h3-6,8,10-11,16H,7,9H2,1-2H3/b10-8+. The number of halogens is 1. The first-order valence-corrected chi connectivity index (χ1v) is 7.78. The Morgan fingerprint density at radius 2 is 2.05 bits per heavy atom. The first kappa shape index (κ1) is 16.2. The van der Waals surface area contributed by atoms with E-state index >= 15 is 0 Å². The zero-order valence-electron chi connectivity index (χ0n) is 11.0. The summed E-state index contributed by atoms with van der Waals surface area (Å²) in [4.78, 5) is 0. The van der Waals surface area contributed by atoms with E-state index in [2.05, 4.69) is 0 Å². The molecule has 0 aliphatic carbocycles. The molecule has 4 nitrogen and oxygen atoms in total. The second-order valence-electron chi connectivity index (χ2n) is 4.33. The smallest absolute Gasteiger partial charge is 0.235 e. The van der Waals surface area contributed by atoms with Crippen molar-refractivity contribution in [2.24, 2.45) is 0 Å². The van der Waals surface area contributed by atoms with Crippen molar-refractivity contribution < 1.29 is 13.5 Å². The van der Waals surface area contributed by atoms with Crippen molar-refractivity contribution in [3.8, 4) is 0 Å². The summed E-state index contributed by atoms with van der Waals surface area (Å²) in [7, 11) is -2.01. The normalized spacial score (nSPS) is 14.2. The van der Waals surface area contributed by atoms with Crippen LogP contribution in [-0.2, 0) is 10.0 Å². The summed E-state index contributed by atoms with van der Waals surface area (Å²) >= 11 is 5.94. The summed E-state index contributed by atoms with van der Waals surface area (Å²) < 4.78 is 25.1. The highest BCUT2D eigenvalue weighted by Gasteiger charge is 2.14. The third kappa shape index (κ3) is 5.32. The van der Waals surface area contributed by atoms with Gasteiger partial charge in [0.15, 0.2) is 0 Å². The van der Waals surface area contributed by atoms with Gasteiger partial charge in [0.1, 0.15) is 0 Å². The van der Waals surface area contributed by atoms with Gasteiger partial charge in [-0.15, -0.1) is 0 Å². The minimum atomic E-state index is -3.49. The maximum absolute atomic E-state index is 11.9. The van der Waals surface area contributed by atoms with Gasteiger partial charge in [0.2, 0.25) is 10.0 Å². The van der Waals surface area contributed by atoms with Gasteiger partial charge in [-0.05, 0) is 31.1 Å². The molecule has 0 aromatic heterocycles. The molecule has 0 saturated carbocycles. The maximum Gasteiger partial charge on any atom is 0.235 e. The fraction of sp³-hybridized carbons (Fsp3) is 0.385. The van der Waals surface area contributed by atoms with Crippen molar-refractivity contribution in [3.63, 3.8) is 0 Å². The molecule has 19 heavy (non-hydrogen) atoms. The van der Waals surface area contributed by atoms with Crippen LogP contribution in [0.15, 0.2) is 29.7 Å². The van der Waals surface area contributed by atoms with E-state index in [-0.39, 0.29) is 6.54 Å². The summed E-state index contributed by atoms with van der Waals surface area (Å²) in [5.74, 6) is 0. The molecule has 0 heterocycles. The van der Waals surface area contributed by atoms with Gasteiger partial charge in [-0.25, -0.2) is 12.7 Å². The molecule has 0 radical (unpaired) electrons. The van der Waals surface area contributed by atoms with E-state index in [9.17, 15) is 8.42 Å². The van der Waals surface area contributed by atoms with Crippen LogP contribution in [0.4, 0.5) is 0 Å². The van der Waals surface area contributed by atoms with Gasteiger partial charge in [-0.3, -0.25) is 0 Å². The molecule has 1 atom stereocenters. The van der Waals surface area contributed by atoms with Crippen molar-refractivity contribution in [1.29, 1.82) is 0 Å². The van der Waals surface area contributed by atoms with Crippen LogP contribution in [0.3, 0.4) is 0 Å². The van der Waals surface area contributed by atoms with Crippen molar-refractivity contribution in [2.45, 2.75) is 19.4 Å². The molecule has 0 aliphatic rings. The molecule has 1 aromatic carbocycles. The summed E-state index contributed by atoms with van der Waals surface area (Å²) in [5, 5.41) is 10.8. The lowest BCUT2D eigenvalue weighted by atomic mass is 10.2. The lowest BCUT2D eigenvalue weighted by molar-refractivity contribution is 0.177. The molecule has 0 spiro atoms. The number of nitrogens with zero attached hydrogens (tertiary/aromatic N) is 1. The summed E-state index contributed by atoms with van der Waals surface area (Å²) in [6.45, 7) is 1.90. The molecule has 6 heteroatoms. The van der Waals surface area contributed by atoms with Gasteiger partial charge in [-0.1, -0.05) is 29.8 Å². The minimum absolute atomic E-state index is 0.271. The highest BCUT2D eigenvalue weighted by molar-refractivity contribution is 7.92.